The lowest BCUT2D eigenvalue weighted by Gasteiger charge is -2.29. The van der Waals surface area contributed by atoms with E-state index in [1.165, 1.54) is 6.42 Å². The van der Waals surface area contributed by atoms with Crippen LogP contribution in [0.5, 0.6) is 0 Å². The molecule has 0 amide bonds. The van der Waals surface area contributed by atoms with Crippen molar-refractivity contribution in [2.45, 2.75) is 116 Å². The first kappa shape index (κ1) is 28.3. The maximum absolute atomic E-state index is 12.6. The summed E-state index contributed by atoms with van der Waals surface area (Å²) in [4.78, 5) is 12.6. The van der Waals surface area contributed by atoms with Gasteiger partial charge in [0.1, 0.15) is 5.78 Å². The molecule has 0 aromatic heterocycles. The van der Waals surface area contributed by atoms with Crippen LogP contribution in [0, 0.1) is 5.92 Å². The van der Waals surface area contributed by atoms with Crippen molar-refractivity contribution in [1.82, 2.24) is 0 Å². The van der Waals surface area contributed by atoms with E-state index in [0.717, 1.165) is 70.1 Å². The van der Waals surface area contributed by atoms with Crippen LogP contribution in [-0.2, 0) is 35.1 Å². The fourth-order valence-corrected chi connectivity index (χ4v) is 4.83. The highest BCUT2D eigenvalue weighted by molar-refractivity contribution is 5.78. The van der Waals surface area contributed by atoms with Crippen molar-refractivity contribution in [2.75, 3.05) is 19.8 Å². The molecule has 5 atom stereocenters. The fraction of sp³-hybridized carbons (Fsp3) is 0.759. The number of benzene rings is 1. The number of hydrogen-bond donors (Lipinski definition) is 0. The van der Waals surface area contributed by atoms with E-state index in [1.54, 1.807) is 0 Å². The van der Waals surface area contributed by atoms with Crippen molar-refractivity contribution in [3.05, 3.63) is 35.9 Å². The van der Waals surface area contributed by atoms with Gasteiger partial charge in [-0.2, -0.15) is 0 Å². The summed E-state index contributed by atoms with van der Waals surface area (Å²) in [6, 6.07) is 10.2. The third kappa shape index (κ3) is 12.0. The molecule has 0 saturated carbocycles. The van der Waals surface area contributed by atoms with E-state index in [-0.39, 0.29) is 30.7 Å². The number of carbonyl (C=O) groups is 1. The van der Waals surface area contributed by atoms with Crippen molar-refractivity contribution < 1.29 is 28.5 Å². The summed E-state index contributed by atoms with van der Waals surface area (Å²) < 4.78 is 29.7. The highest BCUT2D eigenvalue weighted by atomic mass is 16.7. The molecule has 1 aromatic rings. The number of ketones is 1. The quantitative estimate of drug-likeness (QED) is 0.275. The number of Topliss-reactive ketones (excluding diaryl/α,β-unsaturated/α-hetero) is 1. The highest BCUT2D eigenvalue weighted by Gasteiger charge is 2.23. The molecule has 2 aliphatic heterocycles. The Balaban J connectivity index is 1.35. The molecular weight excluding hydrogens is 444 g/mol. The van der Waals surface area contributed by atoms with Gasteiger partial charge in [-0.15, -0.1) is 0 Å². The molecule has 2 aliphatic rings. The molecule has 3 rings (SSSR count). The molecule has 2 fully saturated rings. The van der Waals surface area contributed by atoms with Crippen molar-refractivity contribution in [2.24, 2.45) is 5.92 Å². The number of carbonyl (C=O) groups excluding carboxylic acids is 1. The normalized spacial score (nSPS) is 23.5. The lowest BCUT2D eigenvalue weighted by Crippen LogP contribution is -2.32. The van der Waals surface area contributed by atoms with E-state index in [4.69, 9.17) is 23.7 Å². The standard InChI is InChI=1S/C29H46O6/c1-23(19-26(30)14-10-11-24(2)34-28-15-6-8-17-32-28)20-27(35-29-16-7-9-18-33-29)22-31-21-25-12-4-3-5-13-25/h3-5,12-13,23-24,27-29H,6-11,14-22H2,1-2H3/t23-,24?,27+,28?,29-/m0/s1. The molecule has 0 bridgehead atoms. The zero-order valence-corrected chi connectivity index (χ0v) is 21.8. The third-order valence-corrected chi connectivity index (χ3v) is 6.73. The van der Waals surface area contributed by atoms with E-state index >= 15 is 0 Å². The minimum atomic E-state index is -0.161. The fourth-order valence-electron chi connectivity index (χ4n) is 4.83. The second kappa shape index (κ2) is 16.4. The molecule has 0 spiro atoms. The average Bonchev–Trinajstić information content (AvgIpc) is 2.86. The Labute approximate surface area is 212 Å². The van der Waals surface area contributed by atoms with Gasteiger partial charge in [0.25, 0.3) is 0 Å². The van der Waals surface area contributed by atoms with Gasteiger partial charge in [-0.25, -0.2) is 0 Å². The molecule has 6 nitrogen and oxygen atoms in total. The summed E-state index contributed by atoms with van der Waals surface area (Å²) in [6.07, 6.45) is 9.95. The summed E-state index contributed by atoms with van der Waals surface area (Å²) in [7, 11) is 0. The van der Waals surface area contributed by atoms with Gasteiger partial charge in [-0.1, -0.05) is 37.3 Å². The maximum Gasteiger partial charge on any atom is 0.158 e. The molecule has 1 aromatic carbocycles. The SMILES string of the molecule is CC(CCCC(=O)C[C@H](C)C[C@H](COCc1ccccc1)O[C@H]1CCCCO1)OC1CCCCO1. The molecular formula is C29H46O6. The Hall–Kier alpha value is -1.31. The Kier molecular flexibility index (Phi) is 13.3. The van der Waals surface area contributed by atoms with Gasteiger partial charge in [0.05, 0.1) is 25.4 Å². The average molecular weight is 491 g/mol. The van der Waals surface area contributed by atoms with Crippen LogP contribution in [0.1, 0.15) is 90.0 Å². The first-order valence-electron chi connectivity index (χ1n) is 13.8. The number of rotatable bonds is 16. The van der Waals surface area contributed by atoms with Crippen molar-refractivity contribution in [3.63, 3.8) is 0 Å². The van der Waals surface area contributed by atoms with Gasteiger partial charge in [0, 0.05) is 26.1 Å². The Morgan fingerprint density at radius 3 is 2.31 bits per heavy atom. The summed E-state index contributed by atoms with van der Waals surface area (Å²) >= 11 is 0. The Morgan fingerprint density at radius 2 is 1.66 bits per heavy atom. The van der Waals surface area contributed by atoms with E-state index in [0.29, 0.717) is 31.8 Å². The van der Waals surface area contributed by atoms with E-state index in [1.807, 2.05) is 18.2 Å². The Bertz CT molecular complexity index is 684. The minimum absolute atomic E-state index is 0.0661. The van der Waals surface area contributed by atoms with E-state index in [9.17, 15) is 4.79 Å². The smallest absolute Gasteiger partial charge is 0.158 e. The molecule has 0 aliphatic carbocycles. The minimum Gasteiger partial charge on any atom is -0.374 e. The summed E-state index contributed by atoms with van der Waals surface area (Å²) in [5.41, 5.74) is 1.15. The molecule has 2 saturated heterocycles. The van der Waals surface area contributed by atoms with Crippen LogP contribution >= 0.6 is 0 Å². The van der Waals surface area contributed by atoms with Gasteiger partial charge in [-0.05, 0) is 76.2 Å². The predicted molar refractivity (Wildman–Crippen MR) is 136 cm³/mol. The van der Waals surface area contributed by atoms with Gasteiger partial charge in [0.15, 0.2) is 12.6 Å². The summed E-state index contributed by atoms with van der Waals surface area (Å²) in [5, 5.41) is 0. The van der Waals surface area contributed by atoms with Crippen LogP contribution in [0.4, 0.5) is 0 Å². The lowest BCUT2D eigenvalue weighted by molar-refractivity contribution is -0.201. The van der Waals surface area contributed by atoms with E-state index < -0.39 is 0 Å². The molecule has 0 N–H and O–H groups in total. The van der Waals surface area contributed by atoms with Gasteiger partial charge in [-0.3, -0.25) is 4.79 Å². The zero-order valence-electron chi connectivity index (χ0n) is 21.8. The monoisotopic (exact) mass is 490 g/mol. The number of hydrogen-bond acceptors (Lipinski definition) is 6. The van der Waals surface area contributed by atoms with E-state index in [2.05, 4.69) is 26.0 Å². The van der Waals surface area contributed by atoms with Gasteiger partial charge >= 0.3 is 0 Å². The summed E-state index contributed by atoms with van der Waals surface area (Å²) in [5.74, 6) is 0.553. The zero-order chi connectivity index (χ0) is 24.7. The van der Waals surface area contributed by atoms with Gasteiger partial charge < -0.3 is 23.7 Å². The Morgan fingerprint density at radius 1 is 0.971 bits per heavy atom. The van der Waals surface area contributed by atoms with Crippen molar-refractivity contribution >= 4 is 5.78 Å². The second-order valence-electron chi connectivity index (χ2n) is 10.3. The van der Waals surface area contributed by atoms with Crippen molar-refractivity contribution in [3.8, 4) is 0 Å². The lowest BCUT2D eigenvalue weighted by atomic mass is 9.95. The van der Waals surface area contributed by atoms with Crippen LogP contribution < -0.4 is 0 Å². The largest absolute Gasteiger partial charge is 0.374 e. The topological polar surface area (TPSA) is 63.2 Å². The molecule has 198 valence electrons. The van der Waals surface area contributed by atoms with Crippen LogP contribution in [0.25, 0.3) is 0 Å². The summed E-state index contributed by atoms with van der Waals surface area (Å²) in [6.45, 7) is 6.83. The van der Waals surface area contributed by atoms with Crippen LogP contribution in [0.15, 0.2) is 30.3 Å². The molecule has 6 heteroatoms. The first-order chi connectivity index (χ1) is 17.1. The van der Waals surface area contributed by atoms with Gasteiger partial charge in [0.2, 0.25) is 0 Å². The number of ether oxygens (including phenoxy) is 5. The molecule has 2 heterocycles. The molecule has 35 heavy (non-hydrogen) atoms. The van der Waals surface area contributed by atoms with Crippen molar-refractivity contribution in [1.29, 1.82) is 0 Å². The predicted octanol–water partition coefficient (Wildman–Crippen LogP) is 6.20. The van der Waals surface area contributed by atoms with Crippen LogP contribution in [-0.4, -0.2) is 50.4 Å². The highest BCUT2D eigenvalue weighted by Crippen LogP contribution is 2.22. The van der Waals surface area contributed by atoms with Crippen LogP contribution in [0.3, 0.4) is 0 Å². The maximum atomic E-state index is 12.6. The molecule has 2 unspecified atom stereocenters. The second-order valence-corrected chi connectivity index (χ2v) is 10.3. The first-order valence-corrected chi connectivity index (χ1v) is 13.8. The molecule has 0 radical (unpaired) electrons. The van der Waals surface area contributed by atoms with Crippen LogP contribution in [0.2, 0.25) is 0 Å². The third-order valence-electron chi connectivity index (χ3n) is 6.73.